The summed E-state index contributed by atoms with van der Waals surface area (Å²) in [5.41, 5.74) is 0. The Morgan fingerprint density at radius 2 is 0.561 bits per heavy atom. The van der Waals surface area contributed by atoms with Gasteiger partial charge in [-0.3, -0.25) is 37.3 Å². The molecular weight excluding hydrogens is 1090 g/mol. The summed E-state index contributed by atoms with van der Waals surface area (Å²) in [5.74, 6) is -1.37. The van der Waals surface area contributed by atoms with E-state index in [1.807, 2.05) is 0 Å². The molecule has 0 aromatic rings. The normalized spacial score (nSPS) is 14.3. The van der Waals surface area contributed by atoms with Crippen LogP contribution in [0.4, 0.5) is 0 Å². The molecule has 0 radical (unpaired) electrons. The SMILES string of the molecule is CCCCCCCCCCCCCCCCCC(=O)O[C@H](COC(=O)CCCCCCCCCCCCCC(C)C)COP(=O)(O)OC[C@@H](O)COP(=O)(O)OC[C@@H](COC(=O)CCCCCCC)OC(=O)CCCCCCCCCC. The second-order valence-corrected chi connectivity index (χ2v) is 26.2. The van der Waals surface area contributed by atoms with E-state index in [-0.39, 0.29) is 25.7 Å². The number of aliphatic hydroxyl groups excluding tert-OH is 1. The summed E-state index contributed by atoms with van der Waals surface area (Å²) in [5, 5.41) is 10.5. The van der Waals surface area contributed by atoms with Gasteiger partial charge in [0.05, 0.1) is 26.4 Å². The number of hydrogen-bond acceptors (Lipinski definition) is 15. The first-order chi connectivity index (χ1) is 39.5. The van der Waals surface area contributed by atoms with Gasteiger partial charge >= 0.3 is 39.5 Å². The van der Waals surface area contributed by atoms with Gasteiger partial charge in [-0.1, -0.05) is 266 Å². The van der Waals surface area contributed by atoms with Gasteiger partial charge in [0.25, 0.3) is 0 Å². The lowest BCUT2D eigenvalue weighted by Crippen LogP contribution is -2.30. The molecule has 0 fully saturated rings. The van der Waals surface area contributed by atoms with Crippen molar-refractivity contribution < 1.29 is 80.2 Å². The summed E-state index contributed by atoms with van der Waals surface area (Å²) >= 11 is 0. The zero-order valence-electron chi connectivity index (χ0n) is 52.6. The summed E-state index contributed by atoms with van der Waals surface area (Å²) < 4.78 is 67.7. The number of carbonyl (C=O) groups excluding carboxylic acids is 4. The molecule has 82 heavy (non-hydrogen) atoms. The van der Waals surface area contributed by atoms with Crippen molar-refractivity contribution in [1.82, 2.24) is 0 Å². The first-order valence-corrected chi connectivity index (χ1v) is 36.1. The molecule has 0 spiro atoms. The molecule has 0 aliphatic carbocycles. The van der Waals surface area contributed by atoms with Gasteiger partial charge in [-0.25, -0.2) is 9.13 Å². The number of esters is 4. The molecule has 0 aliphatic rings. The van der Waals surface area contributed by atoms with Crippen LogP contribution in [0, 0.1) is 5.92 Å². The molecule has 17 nitrogen and oxygen atoms in total. The fraction of sp³-hybridized carbons (Fsp3) is 0.937. The quantitative estimate of drug-likeness (QED) is 0.0222. The van der Waals surface area contributed by atoms with Crippen LogP contribution in [-0.4, -0.2) is 96.7 Å². The van der Waals surface area contributed by atoms with Crippen LogP contribution in [0.2, 0.25) is 0 Å². The number of ether oxygens (including phenoxy) is 4. The molecule has 19 heteroatoms. The predicted molar refractivity (Wildman–Crippen MR) is 326 cm³/mol. The molecule has 0 saturated carbocycles. The average molecular weight is 1210 g/mol. The number of hydrogen-bond donors (Lipinski definition) is 3. The minimum atomic E-state index is -4.94. The Hall–Kier alpha value is -1.94. The van der Waals surface area contributed by atoms with Crippen molar-refractivity contribution in [3.05, 3.63) is 0 Å². The zero-order chi connectivity index (χ0) is 60.6. The Bertz CT molecular complexity index is 1600. The third-order valence-corrected chi connectivity index (χ3v) is 16.4. The molecule has 2 unspecified atom stereocenters. The van der Waals surface area contributed by atoms with Gasteiger partial charge in [0.1, 0.15) is 19.3 Å². The van der Waals surface area contributed by atoms with Crippen LogP contribution in [0.15, 0.2) is 0 Å². The van der Waals surface area contributed by atoms with E-state index in [1.54, 1.807) is 0 Å². The smallest absolute Gasteiger partial charge is 0.462 e. The molecular formula is C63H122O17P2. The Morgan fingerprint density at radius 1 is 0.329 bits per heavy atom. The van der Waals surface area contributed by atoms with Gasteiger partial charge in [0, 0.05) is 25.7 Å². The lowest BCUT2D eigenvalue weighted by atomic mass is 10.0. The van der Waals surface area contributed by atoms with Crippen LogP contribution in [0.1, 0.15) is 317 Å². The van der Waals surface area contributed by atoms with Crippen LogP contribution in [0.5, 0.6) is 0 Å². The fourth-order valence-corrected chi connectivity index (χ4v) is 11.0. The molecule has 0 aromatic heterocycles. The predicted octanol–water partition coefficient (Wildman–Crippen LogP) is 17.4. The Balaban J connectivity index is 5.16. The van der Waals surface area contributed by atoms with Gasteiger partial charge in [-0.15, -0.1) is 0 Å². The van der Waals surface area contributed by atoms with Crippen LogP contribution in [-0.2, 0) is 65.4 Å². The van der Waals surface area contributed by atoms with E-state index < -0.39 is 97.5 Å². The molecule has 0 saturated heterocycles. The highest BCUT2D eigenvalue weighted by molar-refractivity contribution is 7.47. The average Bonchev–Trinajstić information content (AvgIpc) is 3.44. The lowest BCUT2D eigenvalue weighted by molar-refractivity contribution is -0.161. The molecule has 0 rings (SSSR count). The Morgan fingerprint density at radius 3 is 0.829 bits per heavy atom. The Labute approximate surface area is 498 Å². The van der Waals surface area contributed by atoms with E-state index in [4.69, 9.17) is 37.0 Å². The first-order valence-electron chi connectivity index (χ1n) is 33.1. The molecule has 0 aliphatic heterocycles. The van der Waals surface area contributed by atoms with Crippen molar-refractivity contribution in [2.45, 2.75) is 335 Å². The van der Waals surface area contributed by atoms with Gasteiger partial charge in [-0.05, 0) is 31.6 Å². The van der Waals surface area contributed by atoms with Gasteiger partial charge in [0.2, 0.25) is 0 Å². The van der Waals surface area contributed by atoms with Crippen molar-refractivity contribution in [2.24, 2.45) is 5.92 Å². The highest BCUT2D eigenvalue weighted by Crippen LogP contribution is 2.45. The number of rotatable bonds is 63. The van der Waals surface area contributed by atoms with E-state index in [1.165, 1.54) is 128 Å². The summed E-state index contributed by atoms with van der Waals surface area (Å²) in [6.45, 7) is 7.08. The third-order valence-electron chi connectivity index (χ3n) is 14.5. The number of carbonyl (C=O) groups is 4. The van der Waals surface area contributed by atoms with Crippen molar-refractivity contribution in [3.8, 4) is 0 Å². The molecule has 5 atom stereocenters. The summed E-state index contributed by atoms with van der Waals surface area (Å²) in [6, 6.07) is 0. The third kappa shape index (κ3) is 57.2. The Kier molecular flexibility index (Phi) is 55.5. The zero-order valence-corrected chi connectivity index (χ0v) is 54.4. The topological polar surface area (TPSA) is 237 Å². The van der Waals surface area contributed by atoms with E-state index in [0.717, 1.165) is 109 Å². The van der Waals surface area contributed by atoms with E-state index >= 15 is 0 Å². The van der Waals surface area contributed by atoms with E-state index in [2.05, 4.69) is 34.6 Å². The first kappa shape index (κ1) is 80.1. The standard InChI is InChI=1S/C63H122O17P2/c1-6-9-12-15-17-19-20-21-22-23-26-30-34-39-44-49-63(68)80-59(53-74-61(66)47-42-37-33-29-27-24-25-28-31-36-40-45-56(4)5)55-78-82(71,72)76-51-57(64)50-75-81(69,70)77-54-58(52-73-60(65)46-41-35-14-11-8-3)79-62(67)48-43-38-32-18-16-13-10-7-2/h56-59,64H,6-55H2,1-5H3,(H,69,70)(H,71,72)/t57-,58+,59+/m0/s1. The van der Waals surface area contributed by atoms with E-state index in [0.29, 0.717) is 25.7 Å². The van der Waals surface area contributed by atoms with Crippen molar-refractivity contribution in [1.29, 1.82) is 0 Å². The van der Waals surface area contributed by atoms with E-state index in [9.17, 15) is 43.2 Å². The highest BCUT2D eigenvalue weighted by atomic mass is 31.2. The van der Waals surface area contributed by atoms with Crippen molar-refractivity contribution in [3.63, 3.8) is 0 Å². The number of phosphoric acid groups is 2. The van der Waals surface area contributed by atoms with Gasteiger partial charge in [0.15, 0.2) is 12.2 Å². The molecule has 0 amide bonds. The molecule has 0 aromatic carbocycles. The van der Waals surface area contributed by atoms with Gasteiger partial charge in [-0.2, -0.15) is 0 Å². The second kappa shape index (κ2) is 56.8. The van der Waals surface area contributed by atoms with Crippen LogP contribution < -0.4 is 0 Å². The maximum absolute atomic E-state index is 13.0. The maximum Gasteiger partial charge on any atom is 0.472 e. The van der Waals surface area contributed by atoms with Crippen LogP contribution >= 0.6 is 15.6 Å². The molecule has 486 valence electrons. The number of aliphatic hydroxyl groups is 1. The maximum atomic E-state index is 13.0. The summed E-state index contributed by atoms with van der Waals surface area (Å²) in [4.78, 5) is 71.9. The van der Waals surface area contributed by atoms with Crippen LogP contribution in [0.3, 0.4) is 0 Å². The van der Waals surface area contributed by atoms with Crippen molar-refractivity contribution >= 4 is 39.5 Å². The number of phosphoric ester groups is 2. The van der Waals surface area contributed by atoms with Crippen molar-refractivity contribution in [2.75, 3.05) is 39.6 Å². The largest absolute Gasteiger partial charge is 0.472 e. The minimum absolute atomic E-state index is 0.104. The summed E-state index contributed by atoms with van der Waals surface area (Å²) in [6.07, 6.45) is 40.7. The molecule has 0 heterocycles. The van der Waals surface area contributed by atoms with Crippen LogP contribution in [0.25, 0.3) is 0 Å². The lowest BCUT2D eigenvalue weighted by Gasteiger charge is -2.21. The monoisotopic (exact) mass is 1210 g/mol. The fourth-order valence-electron chi connectivity index (χ4n) is 9.41. The molecule has 3 N–H and O–H groups in total. The second-order valence-electron chi connectivity index (χ2n) is 23.3. The summed E-state index contributed by atoms with van der Waals surface area (Å²) in [7, 11) is -9.87. The molecule has 0 bridgehead atoms. The number of unbranched alkanes of at least 4 members (excludes halogenated alkanes) is 35. The minimum Gasteiger partial charge on any atom is -0.462 e. The van der Waals surface area contributed by atoms with Gasteiger partial charge < -0.3 is 33.8 Å². The highest BCUT2D eigenvalue weighted by Gasteiger charge is 2.30.